The van der Waals surface area contributed by atoms with Gasteiger partial charge in [0, 0.05) is 24.6 Å². The van der Waals surface area contributed by atoms with Gasteiger partial charge >= 0.3 is 0 Å². The van der Waals surface area contributed by atoms with Crippen molar-refractivity contribution >= 4 is 23.2 Å². The number of hydrogen-bond donors (Lipinski definition) is 1. The maximum absolute atomic E-state index is 12.0. The molecule has 1 aromatic carbocycles. The van der Waals surface area contributed by atoms with E-state index in [2.05, 4.69) is 11.2 Å². The maximum Gasteiger partial charge on any atom is 0.270 e. The Morgan fingerprint density at radius 3 is 2.84 bits per heavy atom. The number of non-ortho nitro benzene ring substituents is 1. The molecule has 100 valence electrons. The Balaban J connectivity index is 2.96. The number of hydrogen-bond acceptors (Lipinski definition) is 3. The number of amides is 1. The molecule has 0 fully saturated rings. The average Bonchev–Trinajstić information content (AvgIpc) is 2.38. The summed E-state index contributed by atoms with van der Waals surface area (Å²) in [6.07, 6.45) is 6.26. The summed E-state index contributed by atoms with van der Waals surface area (Å²) in [6, 6.07) is 3.56. The number of rotatable bonds is 5. The molecule has 1 rings (SSSR count). The van der Waals surface area contributed by atoms with Gasteiger partial charge in [0.2, 0.25) is 0 Å². The normalized spacial score (nSPS) is 11.4. The number of benzene rings is 1. The Kier molecular flexibility index (Phi) is 5.34. The van der Waals surface area contributed by atoms with E-state index in [4.69, 9.17) is 18.0 Å². The number of nitro groups is 1. The summed E-state index contributed by atoms with van der Waals surface area (Å²) in [7, 11) is 0. The molecule has 0 heterocycles. The van der Waals surface area contributed by atoms with Gasteiger partial charge in [0.25, 0.3) is 11.6 Å². The molecule has 6 heteroatoms. The molecular formula is C13H13ClN2O3. The van der Waals surface area contributed by atoms with Crippen LogP contribution in [0.1, 0.15) is 30.1 Å². The van der Waals surface area contributed by atoms with Crippen molar-refractivity contribution in [2.45, 2.75) is 25.8 Å². The van der Waals surface area contributed by atoms with Gasteiger partial charge in [-0.25, -0.2) is 0 Å². The second-order valence-corrected chi connectivity index (χ2v) is 4.32. The van der Waals surface area contributed by atoms with Crippen LogP contribution in [0.2, 0.25) is 5.02 Å². The van der Waals surface area contributed by atoms with E-state index >= 15 is 0 Å². The molecule has 19 heavy (non-hydrogen) atoms. The first-order chi connectivity index (χ1) is 8.99. The number of halogens is 1. The van der Waals surface area contributed by atoms with Crippen molar-refractivity contribution in [1.29, 1.82) is 0 Å². The second-order valence-electron chi connectivity index (χ2n) is 3.91. The highest BCUT2D eigenvalue weighted by molar-refractivity contribution is 6.33. The van der Waals surface area contributed by atoms with Crippen molar-refractivity contribution in [3.05, 3.63) is 38.9 Å². The molecule has 0 spiro atoms. The Bertz CT molecular complexity index is 537. The lowest BCUT2D eigenvalue weighted by Gasteiger charge is -2.14. The third-order valence-corrected chi connectivity index (χ3v) is 2.93. The summed E-state index contributed by atoms with van der Waals surface area (Å²) in [4.78, 5) is 22.1. The van der Waals surface area contributed by atoms with Crippen molar-refractivity contribution in [2.24, 2.45) is 0 Å². The third kappa shape index (κ3) is 3.97. The summed E-state index contributed by atoms with van der Waals surface area (Å²) in [5, 5.41) is 13.5. The van der Waals surface area contributed by atoms with Crippen LogP contribution >= 0.6 is 11.6 Å². The van der Waals surface area contributed by atoms with Gasteiger partial charge in [-0.05, 0) is 12.5 Å². The number of terminal acetylenes is 1. The molecule has 0 bridgehead atoms. The first kappa shape index (κ1) is 15.0. The van der Waals surface area contributed by atoms with Crippen LogP contribution in [0, 0.1) is 22.5 Å². The highest BCUT2D eigenvalue weighted by atomic mass is 35.5. The fraction of sp³-hybridized carbons (Fsp3) is 0.308. The summed E-state index contributed by atoms with van der Waals surface area (Å²) < 4.78 is 0. The van der Waals surface area contributed by atoms with E-state index in [-0.39, 0.29) is 22.3 Å². The quantitative estimate of drug-likeness (QED) is 0.512. The molecule has 0 aromatic heterocycles. The SMILES string of the molecule is C#CCC(CC)NC(=O)c1cc([N+](=O)[O-])ccc1Cl. The van der Waals surface area contributed by atoms with Crippen LogP contribution in [0.3, 0.4) is 0 Å². The minimum Gasteiger partial charge on any atom is -0.348 e. The van der Waals surface area contributed by atoms with Crippen molar-refractivity contribution < 1.29 is 9.72 Å². The van der Waals surface area contributed by atoms with E-state index in [1.807, 2.05) is 6.92 Å². The molecule has 0 saturated heterocycles. The molecule has 5 nitrogen and oxygen atoms in total. The minimum atomic E-state index is -0.578. The Labute approximate surface area is 116 Å². The standard InChI is InChI=1S/C13H13ClN2O3/c1-3-5-9(4-2)15-13(17)11-8-10(16(18)19)6-7-12(11)14/h1,6-9H,4-5H2,2H3,(H,15,17). The minimum absolute atomic E-state index is 0.0753. The molecule has 0 aliphatic carbocycles. The molecule has 1 amide bonds. The van der Waals surface area contributed by atoms with Crippen molar-refractivity contribution in [2.75, 3.05) is 0 Å². The topological polar surface area (TPSA) is 72.2 Å². The summed E-state index contributed by atoms with van der Waals surface area (Å²) >= 11 is 5.88. The van der Waals surface area contributed by atoms with Crippen LogP contribution in [0.5, 0.6) is 0 Å². The van der Waals surface area contributed by atoms with E-state index in [1.54, 1.807) is 0 Å². The number of nitrogens with one attached hydrogen (secondary N) is 1. The number of nitro benzene ring substituents is 1. The second kappa shape index (κ2) is 6.76. The number of nitrogens with zero attached hydrogens (tertiary/aromatic N) is 1. The van der Waals surface area contributed by atoms with Gasteiger partial charge in [0.1, 0.15) is 0 Å². The van der Waals surface area contributed by atoms with Gasteiger partial charge in [-0.15, -0.1) is 12.3 Å². The van der Waals surface area contributed by atoms with E-state index in [1.165, 1.54) is 12.1 Å². The molecule has 0 aliphatic heterocycles. The van der Waals surface area contributed by atoms with Gasteiger partial charge in [0.05, 0.1) is 15.5 Å². The van der Waals surface area contributed by atoms with Gasteiger partial charge in [-0.1, -0.05) is 18.5 Å². The van der Waals surface area contributed by atoms with Crippen LogP contribution in [0.25, 0.3) is 0 Å². The predicted octanol–water partition coefficient (Wildman–Crippen LogP) is 2.78. The molecule has 0 saturated carbocycles. The number of carbonyl (C=O) groups excluding carboxylic acids is 1. The largest absolute Gasteiger partial charge is 0.348 e. The highest BCUT2D eigenvalue weighted by Gasteiger charge is 2.17. The van der Waals surface area contributed by atoms with Crippen molar-refractivity contribution in [3.8, 4) is 12.3 Å². The molecule has 0 radical (unpaired) electrons. The number of carbonyl (C=O) groups is 1. The molecular weight excluding hydrogens is 268 g/mol. The zero-order valence-corrected chi connectivity index (χ0v) is 11.1. The smallest absolute Gasteiger partial charge is 0.270 e. The maximum atomic E-state index is 12.0. The van der Waals surface area contributed by atoms with Crippen LogP contribution < -0.4 is 5.32 Å². The molecule has 1 unspecified atom stereocenters. The van der Waals surface area contributed by atoms with E-state index in [9.17, 15) is 14.9 Å². The molecule has 0 aliphatic rings. The van der Waals surface area contributed by atoms with Gasteiger partial charge in [-0.2, -0.15) is 0 Å². The van der Waals surface area contributed by atoms with Gasteiger partial charge in [-0.3, -0.25) is 14.9 Å². The Morgan fingerprint density at radius 1 is 1.63 bits per heavy atom. The van der Waals surface area contributed by atoms with Crippen molar-refractivity contribution in [3.63, 3.8) is 0 Å². The monoisotopic (exact) mass is 280 g/mol. The molecule has 1 N–H and O–H groups in total. The van der Waals surface area contributed by atoms with Gasteiger partial charge in [0.15, 0.2) is 0 Å². The summed E-state index contributed by atoms with van der Waals surface area (Å²) in [5.74, 6) is 2.00. The third-order valence-electron chi connectivity index (χ3n) is 2.60. The van der Waals surface area contributed by atoms with E-state index in [0.29, 0.717) is 12.8 Å². The first-order valence-electron chi connectivity index (χ1n) is 5.67. The van der Waals surface area contributed by atoms with Crippen LogP contribution in [-0.4, -0.2) is 16.9 Å². The lowest BCUT2D eigenvalue weighted by molar-refractivity contribution is -0.384. The zero-order valence-electron chi connectivity index (χ0n) is 10.4. The zero-order chi connectivity index (χ0) is 14.4. The fourth-order valence-corrected chi connectivity index (χ4v) is 1.71. The fourth-order valence-electron chi connectivity index (χ4n) is 1.50. The summed E-state index contributed by atoms with van der Waals surface area (Å²) in [6.45, 7) is 1.89. The Hall–Kier alpha value is -2.06. The van der Waals surface area contributed by atoms with Gasteiger partial charge < -0.3 is 5.32 Å². The van der Waals surface area contributed by atoms with E-state index < -0.39 is 10.8 Å². The predicted molar refractivity (Wildman–Crippen MR) is 73.1 cm³/mol. The lowest BCUT2D eigenvalue weighted by Crippen LogP contribution is -2.34. The highest BCUT2D eigenvalue weighted by Crippen LogP contribution is 2.22. The average molecular weight is 281 g/mol. The van der Waals surface area contributed by atoms with Crippen molar-refractivity contribution in [1.82, 2.24) is 5.32 Å². The lowest BCUT2D eigenvalue weighted by atomic mass is 10.1. The van der Waals surface area contributed by atoms with Crippen LogP contribution in [0.15, 0.2) is 18.2 Å². The molecule has 1 atom stereocenters. The van der Waals surface area contributed by atoms with Crippen LogP contribution in [0.4, 0.5) is 5.69 Å². The summed E-state index contributed by atoms with van der Waals surface area (Å²) in [5.41, 5.74) is -0.106. The van der Waals surface area contributed by atoms with E-state index in [0.717, 1.165) is 6.07 Å². The first-order valence-corrected chi connectivity index (χ1v) is 6.05. The molecule has 1 aromatic rings. The van der Waals surface area contributed by atoms with Crippen LogP contribution in [-0.2, 0) is 0 Å². The Morgan fingerprint density at radius 2 is 2.32 bits per heavy atom.